The van der Waals surface area contributed by atoms with Crippen LogP contribution in [-0.4, -0.2) is 67.1 Å². The number of benzene rings is 1. The Balaban J connectivity index is 1.56. The Bertz CT molecular complexity index is 751. The number of piperazine rings is 1. The van der Waals surface area contributed by atoms with Crippen molar-refractivity contribution in [2.75, 3.05) is 33.2 Å². The number of carbonyl (C=O) groups excluding carboxylic acids is 1. The fourth-order valence-electron chi connectivity index (χ4n) is 4.07. The zero-order valence-corrected chi connectivity index (χ0v) is 17.2. The van der Waals surface area contributed by atoms with Crippen molar-refractivity contribution in [1.82, 2.24) is 13.5 Å². The van der Waals surface area contributed by atoms with Gasteiger partial charge in [0, 0.05) is 39.3 Å². The van der Waals surface area contributed by atoms with E-state index in [1.54, 1.807) is 20.6 Å². The van der Waals surface area contributed by atoms with Crippen LogP contribution in [0.15, 0.2) is 24.3 Å². The molecule has 0 unspecified atom stereocenters. The molecule has 3 rings (SSSR count). The zero-order chi connectivity index (χ0) is 19.4. The van der Waals surface area contributed by atoms with Crippen LogP contribution in [-0.2, 0) is 21.4 Å². The van der Waals surface area contributed by atoms with E-state index in [2.05, 4.69) is 0 Å². The van der Waals surface area contributed by atoms with Crippen molar-refractivity contribution in [1.29, 1.82) is 0 Å². The molecule has 2 fully saturated rings. The van der Waals surface area contributed by atoms with Crippen LogP contribution in [0.1, 0.15) is 43.2 Å². The predicted octanol–water partition coefficient (Wildman–Crippen LogP) is 2.19. The van der Waals surface area contributed by atoms with Gasteiger partial charge in [0.25, 0.3) is 10.2 Å². The van der Waals surface area contributed by atoms with Gasteiger partial charge in [0.15, 0.2) is 0 Å². The molecule has 6 nitrogen and oxygen atoms in total. The van der Waals surface area contributed by atoms with E-state index in [1.165, 1.54) is 6.42 Å². The minimum atomic E-state index is -3.45. The quantitative estimate of drug-likeness (QED) is 0.770. The summed E-state index contributed by atoms with van der Waals surface area (Å²) in [5.74, 6) is 0.0713. The van der Waals surface area contributed by atoms with Crippen molar-refractivity contribution < 1.29 is 13.2 Å². The summed E-state index contributed by atoms with van der Waals surface area (Å²) < 4.78 is 29.0. The van der Waals surface area contributed by atoms with Crippen LogP contribution >= 0.6 is 0 Å². The second-order valence-electron chi connectivity index (χ2n) is 7.70. The molecule has 150 valence electrons. The Hall–Kier alpha value is -1.44. The van der Waals surface area contributed by atoms with Gasteiger partial charge in [0.05, 0.1) is 6.42 Å². The standard InChI is InChI=1S/C20H31N3O3S/c1-17-8-6-7-9-18(17)16-20(24)22-12-14-23(15-13-22)27(25,26)21(2)19-10-4-3-5-11-19/h6-9,19H,3-5,10-16H2,1-2H3. The first-order valence-electron chi connectivity index (χ1n) is 9.95. The maximum atomic E-state index is 12.9. The topological polar surface area (TPSA) is 60.9 Å². The maximum absolute atomic E-state index is 12.9. The fraction of sp³-hybridized carbons (Fsp3) is 0.650. The molecule has 1 aliphatic heterocycles. The van der Waals surface area contributed by atoms with Gasteiger partial charge in [-0.1, -0.05) is 43.5 Å². The van der Waals surface area contributed by atoms with E-state index < -0.39 is 10.2 Å². The van der Waals surface area contributed by atoms with Crippen LogP contribution in [0, 0.1) is 6.92 Å². The lowest BCUT2D eigenvalue weighted by atomic mass is 9.96. The number of hydrogen-bond acceptors (Lipinski definition) is 3. The molecule has 1 saturated carbocycles. The molecule has 1 aromatic carbocycles. The van der Waals surface area contributed by atoms with Crippen LogP contribution in [0.4, 0.5) is 0 Å². The Morgan fingerprint density at radius 2 is 1.70 bits per heavy atom. The summed E-state index contributed by atoms with van der Waals surface area (Å²) >= 11 is 0. The summed E-state index contributed by atoms with van der Waals surface area (Å²) in [7, 11) is -1.74. The summed E-state index contributed by atoms with van der Waals surface area (Å²) in [6, 6.07) is 8.02. The van der Waals surface area contributed by atoms with Crippen LogP contribution in [0.3, 0.4) is 0 Å². The largest absolute Gasteiger partial charge is 0.340 e. The highest BCUT2D eigenvalue weighted by Crippen LogP contribution is 2.25. The lowest BCUT2D eigenvalue weighted by Gasteiger charge is -2.38. The van der Waals surface area contributed by atoms with E-state index >= 15 is 0 Å². The first-order chi connectivity index (χ1) is 12.9. The summed E-state index contributed by atoms with van der Waals surface area (Å²) in [4.78, 5) is 14.4. The van der Waals surface area contributed by atoms with Gasteiger partial charge in [0.2, 0.25) is 5.91 Å². The van der Waals surface area contributed by atoms with Crippen LogP contribution in [0.5, 0.6) is 0 Å². The van der Waals surface area contributed by atoms with Crippen molar-refractivity contribution in [2.24, 2.45) is 0 Å². The Kier molecular flexibility index (Phi) is 6.55. The number of nitrogens with zero attached hydrogens (tertiary/aromatic N) is 3. The molecular formula is C20H31N3O3S. The molecule has 7 heteroatoms. The highest BCUT2D eigenvalue weighted by Gasteiger charge is 2.35. The summed E-state index contributed by atoms with van der Waals surface area (Å²) in [6.45, 7) is 3.68. The average molecular weight is 394 g/mol. The monoisotopic (exact) mass is 393 g/mol. The normalized spacial score (nSPS) is 20.2. The molecule has 0 spiro atoms. The second-order valence-corrected chi connectivity index (χ2v) is 9.69. The Labute approximate surface area is 163 Å². The molecule has 1 aliphatic carbocycles. The average Bonchev–Trinajstić information content (AvgIpc) is 2.70. The van der Waals surface area contributed by atoms with Gasteiger partial charge in [-0.05, 0) is 30.9 Å². The van der Waals surface area contributed by atoms with Gasteiger partial charge < -0.3 is 4.90 Å². The number of carbonyl (C=O) groups is 1. The van der Waals surface area contributed by atoms with Crippen LogP contribution < -0.4 is 0 Å². The van der Waals surface area contributed by atoms with Crippen molar-refractivity contribution in [3.8, 4) is 0 Å². The highest BCUT2D eigenvalue weighted by molar-refractivity contribution is 7.86. The van der Waals surface area contributed by atoms with E-state index in [1.807, 2.05) is 31.2 Å². The molecule has 0 aromatic heterocycles. The lowest BCUT2D eigenvalue weighted by molar-refractivity contribution is -0.131. The minimum absolute atomic E-state index is 0.0713. The molecule has 1 heterocycles. The van der Waals surface area contributed by atoms with E-state index in [9.17, 15) is 13.2 Å². The minimum Gasteiger partial charge on any atom is -0.340 e. The smallest absolute Gasteiger partial charge is 0.282 e. The molecule has 1 amide bonds. The molecule has 27 heavy (non-hydrogen) atoms. The van der Waals surface area contributed by atoms with Crippen molar-refractivity contribution >= 4 is 16.1 Å². The number of amides is 1. The van der Waals surface area contributed by atoms with E-state index in [0.29, 0.717) is 32.6 Å². The van der Waals surface area contributed by atoms with Gasteiger partial charge >= 0.3 is 0 Å². The molecule has 0 N–H and O–H groups in total. The highest BCUT2D eigenvalue weighted by atomic mass is 32.2. The number of aryl methyl sites for hydroxylation is 1. The summed E-state index contributed by atoms with van der Waals surface area (Å²) in [6.07, 6.45) is 5.68. The van der Waals surface area contributed by atoms with Crippen molar-refractivity contribution in [3.63, 3.8) is 0 Å². The zero-order valence-electron chi connectivity index (χ0n) is 16.4. The van der Waals surface area contributed by atoms with Crippen molar-refractivity contribution in [3.05, 3.63) is 35.4 Å². The molecule has 2 aliphatic rings. The first-order valence-corrected chi connectivity index (χ1v) is 11.3. The fourth-order valence-corrected chi connectivity index (χ4v) is 5.64. The van der Waals surface area contributed by atoms with E-state index in [-0.39, 0.29) is 11.9 Å². The molecular weight excluding hydrogens is 362 g/mol. The molecule has 1 aromatic rings. The van der Waals surface area contributed by atoms with Gasteiger partial charge in [-0.2, -0.15) is 17.0 Å². The molecule has 0 bridgehead atoms. The van der Waals surface area contributed by atoms with Crippen LogP contribution in [0.25, 0.3) is 0 Å². The molecule has 0 atom stereocenters. The maximum Gasteiger partial charge on any atom is 0.282 e. The van der Waals surface area contributed by atoms with Crippen molar-refractivity contribution in [2.45, 2.75) is 51.5 Å². The Morgan fingerprint density at radius 1 is 1.07 bits per heavy atom. The van der Waals surface area contributed by atoms with Gasteiger partial charge in [-0.3, -0.25) is 4.79 Å². The predicted molar refractivity (Wildman–Crippen MR) is 107 cm³/mol. The number of hydrogen-bond donors (Lipinski definition) is 0. The number of rotatable bonds is 5. The van der Waals surface area contributed by atoms with Crippen LogP contribution in [0.2, 0.25) is 0 Å². The van der Waals surface area contributed by atoms with E-state index in [4.69, 9.17) is 0 Å². The third-order valence-electron chi connectivity index (χ3n) is 5.97. The Morgan fingerprint density at radius 3 is 2.33 bits per heavy atom. The third-order valence-corrected chi connectivity index (χ3v) is 8.02. The second kappa shape index (κ2) is 8.71. The van der Waals surface area contributed by atoms with E-state index in [0.717, 1.165) is 36.8 Å². The molecule has 1 saturated heterocycles. The van der Waals surface area contributed by atoms with Gasteiger partial charge in [0.1, 0.15) is 0 Å². The molecule has 0 radical (unpaired) electrons. The first kappa shape index (κ1) is 20.3. The van der Waals surface area contributed by atoms with Gasteiger partial charge in [-0.15, -0.1) is 0 Å². The van der Waals surface area contributed by atoms with Gasteiger partial charge in [-0.25, -0.2) is 0 Å². The SMILES string of the molecule is Cc1ccccc1CC(=O)N1CCN(S(=O)(=O)N(C)C2CCCCC2)CC1. The lowest BCUT2D eigenvalue weighted by Crippen LogP contribution is -2.55. The third kappa shape index (κ3) is 4.70. The summed E-state index contributed by atoms with van der Waals surface area (Å²) in [5, 5.41) is 0. The summed E-state index contributed by atoms with van der Waals surface area (Å²) in [5.41, 5.74) is 2.15.